The fourth-order valence-electron chi connectivity index (χ4n) is 1.30. The van der Waals surface area contributed by atoms with Crippen molar-refractivity contribution in [3.8, 4) is 5.75 Å². The van der Waals surface area contributed by atoms with Crippen LogP contribution in [0.2, 0.25) is 0 Å². The van der Waals surface area contributed by atoms with Crippen molar-refractivity contribution in [2.24, 2.45) is 0 Å². The van der Waals surface area contributed by atoms with Crippen LogP contribution in [0.5, 0.6) is 5.75 Å². The van der Waals surface area contributed by atoms with Crippen LogP contribution < -0.4 is 4.74 Å². The molecular weight excluding hydrogens is 304 g/mol. The van der Waals surface area contributed by atoms with Crippen molar-refractivity contribution in [2.75, 3.05) is 18.1 Å². The molecule has 0 aliphatic heterocycles. The highest BCUT2D eigenvalue weighted by atomic mass is 79.9. The minimum Gasteiger partial charge on any atom is -0.491 e. The predicted molar refractivity (Wildman–Crippen MR) is 74.2 cm³/mol. The van der Waals surface area contributed by atoms with E-state index in [0.29, 0.717) is 16.8 Å². The molecule has 0 saturated heterocycles. The fourth-order valence-corrected chi connectivity index (χ4v) is 2.39. The molecule has 0 heterocycles. The van der Waals surface area contributed by atoms with E-state index in [1.54, 1.807) is 18.2 Å². The summed E-state index contributed by atoms with van der Waals surface area (Å²) in [4.78, 5) is 11.0. The molecule has 3 nitrogen and oxygen atoms in total. The van der Waals surface area contributed by atoms with E-state index in [1.807, 2.05) is 11.8 Å². The van der Waals surface area contributed by atoms with E-state index in [2.05, 4.69) is 22.9 Å². The Kier molecular flexibility index (Phi) is 6.44. The van der Waals surface area contributed by atoms with Gasteiger partial charge in [-0.2, -0.15) is 11.8 Å². The van der Waals surface area contributed by atoms with Gasteiger partial charge in [0.1, 0.15) is 11.3 Å². The summed E-state index contributed by atoms with van der Waals surface area (Å²) in [7, 11) is 0. The molecule has 94 valence electrons. The number of carboxylic acid groups (broad SMARTS) is 1. The lowest BCUT2D eigenvalue weighted by molar-refractivity contribution is 0.0692. The molecule has 0 atom stereocenters. The highest BCUT2D eigenvalue weighted by molar-refractivity contribution is 9.10. The van der Waals surface area contributed by atoms with E-state index in [1.165, 1.54) is 0 Å². The summed E-state index contributed by atoms with van der Waals surface area (Å²) in [6, 6.07) is 5.01. The van der Waals surface area contributed by atoms with Crippen LogP contribution in [0.1, 0.15) is 23.7 Å². The molecule has 0 aliphatic rings. The van der Waals surface area contributed by atoms with Crippen LogP contribution >= 0.6 is 27.7 Å². The van der Waals surface area contributed by atoms with Crippen LogP contribution in [-0.2, 0) is 0 Å². The Morgan fingerprint density at radius 3 is 2.94 bits per heavy atom. The molecule has 0 aromatic heterocycles. The van der Waals surface area contributed by atoms with E-state index in [9.17, 15) is 4.79 Å². The molecule has 17 heavy (non-hydrogen) atoms. The SMILES string of the molecule is CCSCCCOc1c(Br)cccc1C(=O)O. The van der Waals surface area contributed by atoms with Gasteiger partial charge < -0.3 is 9.84 Å². The van der Waals surface area contributed by atoms with Gasteiger partial charge in [-0.15, -0.1) is 0 Å². The molecule has 1 rings (SSSR count). The van der Waals surface area contributed by atoms with Crippen molar-refractivity contribution in [3.63, 3.8) is 0 Å². The van der Waals surface area contributed by atoms with E-state index in [-0.39, 0.29) is 5.56 Å². The molecule has 5 heteroatoms. The number of halogens is 1. The smallest absolute Gasteiger partial charge is 0.339 e. The van der Waals surface area contributed by atoms with Crippen molar-refractivity contribution >= 4 is 33.7 Å². The first-order valence-corrected chi connectivity index (χ1v) is 7.34. The molecule has 0 saturated carbocycles. The molecule has 0 unspecified atom stereocenters. The second kappa shape index (κ2) is 7.61. The molecule has 1 N–H and O–H groups in total. The lowest BCUT2D eigenvalue weighted by Gasteiger charge is -2.10. The van der Waals surface area contributed by atoms with Gasteiger partial charge in [-0.05, 0) is 46.0 Å². The van der Waals surface area contributed by atoms with E-state index < -0.39 is 5.97 Å². The van der Waals surface area contributed by atoms with Crippen LogP contribution in [0, 0.1) is 0 Å². The summed E-state index contributed by atoms with van der Waals surface area (Å²) in [5.74, 6) is 1.57. The number of para-hydroxylation sites is 1. The van der Waals surface area contributed by atoms with Crippen LogP contribution in [0.25, 0.3) is 0 Å². The number of hydrogen-bond donors (Lipinski definition) is 1. The first kappa shape index (κ1) is 14.4. The number of hydrogen-bond acceptors (Lipinski definition) is 3. The number of benzene rings is 1. The number of carboxylic acids is 1. The maximum Gasteiger partial charge on any atom is 0.339 e. The van der Waals surface area contributed by atoms with Gasteiger partial charge in [0.25, 0.3) is 0 Å². The van der Waals surface area contributed by atoms with E-state index in [4.69, 9.17) is 9.84 Å². The quantitative estimate of drug-likeness (QED) is 0.779. The highest BCUT2D eigenvalue weighted by Crippen LogP contribution is 2.29. The summed E-state index contributed by atoms with van der Waals surface area (Å²) in [6.07, 6.45) is 0.916. The lowest BCUT2D eigenvalue weighted by Crippen LogP contribution is -2.05. The number of thioether (sulfide) groups is 1. The Morgan fingerprint density at radius 1 is 1.53 bits per heavy atom. The Bertz CT molecular complexity index is 382. The molecular formula is C12H15BrO3S. The molecule has 0 fully saturated rings. The second-order valence-corrected chi connectivity index (χ2v) is 5.57. The lowest BCUT2D eigenvalue weighted by atomic mass is 10.2. The Morgan fingerprint density at radius 2 is 2.29 bits per heavy atom. The standard InChI is InChI=1S/C12H15BrO3S/c1-2-17-8-4-7-16-11-9(12(14)15)5-3-6-10(11)13/h3,5-6H,2,4,7-8H2,1H3,(H,14,15). The van der Waals surface area contributed by atoms with Crippen molar-refractivity contribution in [1.82, 2.24) is 0 Å². The maximum absolute atomic E-state index is 11.0. The first-order chi connectivity index (χ1) is 8.16. The molecule has 1 aromatic carbocycles. The zero-order valence-electron chi connectivity index (χ0n) is 9.61. The van der Waals surface area contributed by atoms with Gasteiger partial charge in [-0.25, -0.2) is 4.79 Å². The predicted octanol–water partition coefficient (Wildman–Crippen LogP) is 3.67. The molecule has 1 aromatic rings. The van der Waals surface area contributed by atoms with Crippen LogP contribution in [-0.4, -0.2) is 29.2 Å². The molecule has 0 bridgehead atoms. The molecule has 0 spiro atoms. The van der Waals surface area contributed by atoms with Crippen molar-refractivity contribution in [2.45, 2.75) is 13.3 Å². The van der Waals surface area contributed by atoms with E-state index in [0.717, 1.165) is 17.9 Å². The molecule has 0 radical (unpaired) electrons. The highest BCUT2D eigenvalue weighted by Gasteiger charge is 2.13. The van der Waals surface area contributed by atoms with Gasteiger partial charge in [-0.3, -0.25) is 0 Å². The Labute approximate surface area is 114 Å². The Balaban J connectivity index is 2.60. The third-order valence-electron chi connectivity index (χ3n) is 2.08. The van der Waals surface area contributed by atoms with E-state index >= 15 is 0 Å². The molecule has 0 amide bonds. The summed E-state index contributed by atoms with van der Waals surface area (Å²) < 4.78 is 6.22. The largest absolute Gasteiger partial charge is 0.491 e. The number of ether oxygens (including phenoxy) is 1. The van der Waals surface area contributed by atoms with Gasteiger partial charge >= 0.3 is 5.97 Å². The second-order valence-electron chi connectivity index (χ2n) is 3.32. The van der Waals surface area contributed by atoms with Gasteiger partial charge in [0.2, 0.25) is 0 Å². The average Bonchev–Trinajstić information content (AvgIpc) is 2.30. The molecule has 0 aliphatic carbocycles. The average molecular weight is 319 g/mol. The summed E-state index contributed by atoms with van der Waals surface area (Å²) in [5.41, 5.74) is 0.197. The van der Waals surface area contributed by atoms with Crippen molar-refractivity contribution in [3.05, 3.63) is 28.2 Å². The zero-order valence-corrected chi connectivity index (χ0v) is 12.0. The third-order valence-corrected chi connectivity index (χ3v) is 3.69. The van der Waals surface area contributed by atoms with Crippen LogP contribution in [0.3, 0.4) is 0 Å². The Hall–Kier alpha value is -0.680. The minimum atomic E-state index is -0.968. The number of rotatable bonds is 7. The maximum atomic E-state index is 11.0. The normalized spacial score (nSPS) is 10.2. The summed E-state index contributed by atoms with van der Waals surface area (Å²) >= 11 is 5.15. The third kappa shape index (κ3) is 4.60. The minimum absolute atomic E-state index is 0.197. The van der Waals surface area contributed by atoms with Gasteiger partial charge in [0.05, 0.1) is 11.1 Å². The van der Waals surface area contributed by atoms with Crippen LogP contribution in [0.4, 0.5) is 0 Å². The monoisotopic (exact) mass is 318 g/mol. The number of carbonyl (C=O) groups is 1. The van der Waals surface area contributed by atoms with Gasteiger partial charge in [0.15, 0.2) is 0 Å². The first-order valence-electron chi connectivity index (χ1n) is 5.39. The van der Waals surface area contributed by atoms with Crippen LogP contribution in [0.15, 0.2) is 22.7 Å². The van der Waals surface area contributed by atoms with Gasteiger partial charge in [-0.1, -0.05) is 13.0 Å². The van der Waals surface area contributed by atoms with Crippen molar-refractivity contribution < 1.29 is 14.6 Å². The fraction of sp³-hybridized carbons (Fsp3) is 0.417. The number of aromatic carboxylic acids is 1. The topological polar surface area (TPSA) is 46.5 Å². The van der Waals surface area contributed by atoms with Gasteiger partial charge in [0, 0.05) is 0 Å². The summed E-state index contributed by atoms with van der Waals surface area (Å²) in [5, 5.41) is 9.03. The summed E-state index contributed by atoms with van der Waals surface area (Å²) in [6.45, 7) is 2.65. The van der Waals surface area contributed by atoms with Crippen molar-refractivity contribution in [1.29, 1.82) is 0 Å². The zero-order chi connectivity index (χ0) is 12.7.